The maximum atomic E-state index is 12.1. The summed E-state index contributed by atoms with van der Waals surface area (Å²) in [7, 11) is -4.54. The minimum Gasteiger partial charge on any atom is -0.744 e. The van der Waals surface area contributed by atoms with E-state index in [9.17, 15) is 17.4 Å². The van der Waals surface area contributed by atoms with Crippen LogP contribution in [0.1, 0.15) is 5.56 Å². The van der Waals surface area contributed by atoms with Gasteiger partial charge in [-0.15, -0.1) is 0 Å². The number of benzene rings is 1. The minimum atomic E-state index is -4.54. The first-order valence-electron chi connectivity index (χ1n) is 3.15. The van der Waals surface area contributed by atoms with Gasteiger partial charge in [0.15, 0.2) is 0 Å². The summed E-state index contributed by atoms with van der Waals surface area (Å²) in [6, 6.07) is 5.22. The molecule has 0 fully saturated rings. The number of halogens is 1. The molecule has 0 aliphatic carbocycles. The average Bonchev–Trinajstić information content (AvgIpc) is 2.03. The molecule has 1 rings (SSSR count). The van der Waals surface area contributed by atoms with E-state index in [2.05, 4.69) is 0 Å². The summed E-state index contributed by atoms with van der Waals surface area (Å²) in [4.78, 5) is -0.479. The van der Waals surface area contributed by atoms with Gasteiger partial charge in [0, 0.05) is 5.56 Å². The molecule has 0 saturated carbocycles. The predicted octanol–water partition coefficient (Wildman–Crippen LogP) is -1.94. The van der Waals surface area contributed by atoms with Gasteiger partial charge in [-0.05, 0) is 6.07 Å². The molecule has 0 radical (unpaired) electrons. The van der Waals surface area contributed by atoms with Crippen LogP contribution in [0.4, 0.5) is 4.39 Å². The van der Waals surface area contributed by atoms with Crippen LogP contribution in [-0.4, -0.2) is 13.0 Å². The molecule has 1 aromatic rings. The van der Waals surface area contributed by atoms with E-state index in [0.717, 1.165) is 6.07 Å². The molecule has 0 spiro atoms. The Morgan fingerprint density at radius 2 is 1.85 bits per heavy atom. The van der Waals surface area contributed by atoms with Crippen molar-refractivity contribution < 1.29 is 36.2 Å². The van der Waals surface area contributed by atoms with E-state index < -0.39 is 21.7 Å². The minimum absolute atomic E-state index is 0. The molecule has 0 bridgehead atoms. The molecule has 3 nitrogen and oxygen atoms in total. The SMILES string of the molecule is O=S(=O)([O-])c1ccccc1CF.[Li+]. The van der Waals surface area contributed by atoms with Crippen LogP contribution in [0, 0.1) is 0 Å². The van der Waals surface area contributed by atoms with Crippen LogP contribution in [0.3, 0.4) is 0 Å². The zero-order valence-corrected chi connectivity index (χ0v) is 7.84. The van der Waals surface area contributed by atoms with Gasteiger partial charge < -0.3 is 4.55 Å². The normalized spacial score (nSPS) is 10.6. The van der Waals surface area contributed by atoms with Gasteiger partial charge in [0.05, 0.1) is 4.90 Å². The number of alkyl halides is 1. The van der Waals surface area contributed by atoms with Crippen molar-refractivity contribution in [2.75, 3.05) is 0 Å². The monoisotopic (exact) mass is 196 g/mol. The molecule has 0 aliphatic heterocycles. The van der Waals surface area contributed by atoms with Crippen LogP contribution in [0.15, 0.2) is 29.2 Å². The molecule has 0 aliphatic rings. The summed E-state index contributed by atoms with van der Waals surface area (Å²) in [5.41, 5.74) is -0.0903. The second-order valence-corrected chi connectivity index (χ2v) is 3.54. The van der Waals surface area contributed by atoms with Crippen molar-refractivity contribution in [3.8, 4) is 0 Å². The first kappa shape index (κ1) is 12.7. The maximum absolute atomic E-state index is 12.1. The van der Waals surface area contributed by atoms with Crippen LogP contribution in [0.5, 0.6) is 0 Å². The van der Waals surface area contributed by atoms with Gasteiger partial charge in [0.1, 0.15) is 16.8 Å². The van der Waals surface area contributed by atoms with E-state index in [1.807, 2.05) is 0 Å². The van der Waals surface area contributed by atoms with Crippen LogP contribution >= 0.6 is 0 Å². The van der Waals surface area contributed by atoms with E-state index >= 15 is 0 Å². The summed E-state index contributed by atoms with van der Waals surface area (Å²) >= 11 is 0. The molecule has 6 heteroatoms. The Balaban J connectivity index is 0.00000144. The second-order valence-electron chi connectivity index (χ2n) is 2.20. The fourth-order valence-corrected chi connectivity index (χ4v) is 1.55. The van der Waals surface area contributed by atoms with E-state index in [-0.39, 0.29) is 24.4 Å². The van der Waals surface area contributed by atoms with Crippen molar-refractivity contribution in [3.05, 3.63) is 29.8 Å². The Bertz CT molecular complexity index is 377. The molecule has 13 heavy (non-hydrogen) atoms. The van der Waals surface area contributed by atoms with E-state index in [1.54, 1.807) is 0 Å². The van der Waals surface area contributed by atoms with Gasteiger partial charge in [-0.3, -0.25) is 0 Å². The summed E-state index contributed by atoms with van der Waals surface area (Å²) in [5, 5.41) is 0. The Hall–Kier alpha value is -0.343. The van der Waals surface area contributed by atoms with Crippen molar-refractivity contribution in [2.45, 2.75) is 11.6 Å². The van der Waals surface area contributed by atoms with Gasteiger partial charge in [0.25, 0.3) is 0 Å². The van der Waals surface area contributed by atoms with E-state index in [1.165, 1.54) is 18.2 Å². The Morgan fingerprint density at radius 1 is 1.31 bits per heavy atom. The van der Waals surface area contributed by atoms with Crippen molar-refractivity contribution in [1.29, 1.82) is 0 Å². The topological polar surface area (TPSA) is 57.2 Å². The second kappa shape index (κ2) is 4.77. The standard InChI is InChI=1S/C7H7FO3S.Li/c8-5-6-3-1-2-4-7(6)12(9,10)11;/h1-4H,5H2,(H,9,10,11);/q;+1/p-1. The molecular formula is C7H6FLiO3S. The first-order chi connectivity index (χ1) is 5.55. The van der Waals surface area contributed by atoms with E-state index in [4.69, 9.17) is 0 Å². The average molecular weight is 196 g/mol. The van der Waals surface area contributed by atoms with Crippen LogP contribution in [0.2, 0.25) is 0 Å². The number of hydrogen-bond donors (Lipinski definition) is 0. The van der Waals surface area contributed by atoms with Gasteiger partial charge in [-0.2, -0.15) is 0 Å². The zero-order chi connectivity index (χ0) is 9.19. The Labute approximate surface area is 87.9 Å². The third-order valence-electron chi connectivity index (χ3n) is 1.39. The molecule has 0 heterocycles. The van der Waals surface area contributed by atoms with Crippen molar-refractivity contribution in [2.24, 2.45) is 0 Å². The Kier molecular flexibility index (Phi) is 4.65. The van der Waals surface area contributed by atoms with Gasteiger partial charge in [0.2, 0.25) is 0 Å². The van der Waals surface area contributed by atoms with Crippen molar-refractivity contribution in [3.63, 3.8) is 0 Å². The summed E-state index contributed by atoms with van der Waals surface area (Å²) in [6.45, 7) is -0.947. The Morgan fingerprint density at radius 3 is 2.23 bits per heavy atom. The van der Waals surface area contributed by atoms with Crippen LogP contribution in [-0.2, 0) is 16.8 Å². The molecule has 0 aromatic heterocycles. The molecule has 0 saturated heterocycles. The fraction of sp³-hybridized carbons (Fsp3) is 0.143. The van der Waals surface area contributed by atoms with Gasteiger partial charge in [-0.1, -0.05) is 18.2 Å². The number of hydrogen-bond acceptors (Lipinski definition) is 3. The zero-order valence-electron chi connectivity index (χ0n) is 7.03. The van der Waals surface area contributed by atoms with Crippen LogP contribution < -0.4 is 18.9 Å². The molecule has 0 N–H and O–H groups in total. The molecular weight excluding hydrogens is 190 g/mol. The third-order valence-corrected chi connectivity index (χ3v) is 2.32. The fourth-order valence-electron chi connectivity index (χ4n) is 0.858. The van der Waals surface area contributed by atoms with Crippen LogP contribution in [0.25, 0.3) is 0 Å². The smallest absolute Gasteiger partial charge is 0.744 e. The molecule has 0 atom stereocenters. The summed E-state index contributed by atoms with van der Waals surface area (Å²) < 4.78 is 43.6. The summed E-state index contributed by atoms with van der Waals surface area (Å²) in [6.07, 6.45) is 0. The molecule has 1 aromatic carbocycles. The molecule has 0 amide bonds. The third kappa shape index (κ3) is 3.12. The predicted molar refractivity (Wildman–Crippen MR) is 39.2 cm³/mol. The largest absolute Gasteiger partial charge is 1.00 e. The first-order valence-corrected chi connectivity index (χ1v) is 4.56. The maximum Gasteiger partial charge on any atom is 1.00 e. The number of rotatable bonds is 2. The van der Waals surface area contributed by atoms with E-state index in [0.29, 0.717) is 0 Å². The summed E-state index contributed by atoms with van der Waals surface area (Å²) in [5.74, 6) is 0. The van der Waals surface area contributed by atoms with Gasteiger partial charge in [-0.25, -0.2) is 12.8 Å². The van der Waals surface area contributed by atoms with Gasteiger partial charge >= 0.3 is 18.9 Å². The molecule has 66 valence electrons. The van der Waals surface area contributed by atoms with Crippen molar-refractivity contribution >= 4 is 10.1 Å². The van der Waals surface area contributed by atoms with Crippen molar-refractivity contribution in [1.82, 2.24) is 0 Å². The quantitative estimate of drug-likeness (QED) is 0.408. The molecule has 0 unspecified atom stereocenters.